The molecule has 3 nitrogen and oxygen atoms in total. The zero-order valence-corrected chi connectivity index (χ0v) is 13.1. The van der Waals surface area contributed by atoms with E-state index in [4.69, 9.17) is 5.73 Å². The minimum Gasteiger partial charge on any atom is -0.344 e. The largest absolute Gasteiger partial charge is 0.408 e. The molecule has 2 aliphatic carbocycles. The maximum absolute atomic E-state index is 13.2. The van der Waals surface area contributed by atoms with E-state index in [1.165, 1.54) is 0 Å². The lowest BCUT2D eigenvalue weighted by atomic mass is 9.71. The van der Waals surface area contributed by atoms with Crippen LogP contribution in [-0.2, 0) is 4.79 Å². The fourth-order valence-electron chi connectivity index (χ4n) is 4.08. The third-order valence-corrected chi connectivity index (χ3v) is 5.42. The summed E-state index contributed by atoms with van der Waals surface area (Å²) in [6.45, 7) is 0.376. The molecule has 2 saturated carbocycles. The van der Waals surface area contributed by atoms with Gasteiger partial charge in [0.15, 0.2) is 0 Å². The summed E-state index contributed by atoms with van der Waals surface area (Å²) < 4.78 is 39.7. The third kappa shape index (κ3) is 4.37. The standard InChI is InChI=1S/C16H27F3N2O/c17-16(18,19)14(12-6-2-3-7-12)21-13(22)10-15(11-20)8-4-1-5-9-15/h12,14H,1-11,20H2,(H,21,22). The van der Waals surface area contributed by atoms with E-state index in [-0.39, 0.29) is 11.8 Å². The molecule has 0 aromatic carbocycles. The van der Waals surface area contributed by atoms with Gasteiger partial charge in [0.2, 0.25) is 5.91 Å². The monoisotopic (exact) mass is 320 g/mol. The number of carbonyl (C=O) groups is 1. The van der Waals surface area contributed by atoms with Crippen molar-refractivity contribution in [2.45, 2.75) is 76.4 Å². The predicted molar refractivity (Wildman–Crippen MR) is 79.1 cm³/mol. The van der Waals surface area contributed by atoms with E-state index < -0.39 is 24.0 Å². The molecule has 1 unspecified atom stereocenters. The second kappa shape index (κ2) is 7.20. The van der Waals surface area contributed by atoms with Crippen LogP contribution >= 0.6 is 0 Å². The second-order valence-corrected chi connectivity index (χ2v) is 7.07. The van der Waals surface area contributed by atoms with Crippen LogP contribution in [0, 0.1) is 11.3 Å². The van der Waals surface area contributed by atoms with Crippen LogP contribution in [0.2, 0.25) is 0 Å². The van der Waals surface area contributed by atoms with E-state index in [9.17, 15) is 18.0 Å². The number of rotatable bonds is 5. The second-order valence-electron chi connectivity index (χ2n) is 7.07. The highest BCUT2D eigenvalue weighted by atomic mass is 19.4. The maximum Gasteiger partial charge on any atom is 0.408 e. The molecular formula is C16H27F3N2O. The summed E-state index contributed by atoms with van der Waals surface area (Å²) >= 11 is 0. The van der Waals surface area contributed by atoms with Gasteiger partial charge in [-0.05, 0) is 43.6 Å². The van der Waals surface area contributed by atoms with Crippen molar-refractivity contribution in [2.75, 3.05) is 6.54 Å². The number of nitrogens with two attached hydrogens (primary N) is 1. The summed E-state index contributed by atoms with van der Waals surface area (Å²) in [5.74, 6) is -0.953. The van der Waals surface area contributed by atoms with Gasteiger partial charge in [-0.2, -0.15) is 13.2 Å². The maximum atomic E-state index is 13.2. The van der Waals surface area contributed by atoms with Crippen molar-refractivity contribution in [3.05, 3.63) is 0 Å². The van der Waals surface area contributed by atoms with E-state index in [2.05, 4.69) is 5.32 Å². The Hall–Kier alpha value is -0.780. The van der Waals surface area contributed by atoms with Crippen LogP contribution in [-0.4, -0.2) is 24.7 Å². The number of alkyl halides is 3. The molecule has 0 bridgehead atoms. The van der Waals surface area contributed by atoms with Crippen molar-refractivity contribution in [2.24, 2.45) is 17.1 Å². The molecule has 1 atom stereocenters. The van der Waals surface area contributed by atoms with Crippen LogP contribution in [0.25, 0.3) is 0 Å². The highest BCUT2D eigenvalue weighted by Gasteiger charge is 2.46. The van der Waals surface area contributed by atoms with Gasteiger partial charge >= 0.3 is 6.18 Å². The first-order chi connectivity index (χ1) is 10.4. The molecule has 6 heteroatoms. The number of hydrogen-bond donors (Lipinski definition) is 2. The van der Waals surface area contributed by atoms with E-state index in [0.29, 0.717) is 19.4 Å². The Morgan fingerprint density at radius 1 is 1.14 bits per heavy atom. The molecule has 0 heterocycles. The van der Waals surface area contributed by atoms with Crippen LogP contribution in [0.1, 0.15) is 64.2 Å². The predicted octanol–water partition coefficient (Wildman–Crippen LogP) is 3.52. The summed E-state index contributed by atoms with van der Waals surface area (Å²) in [6.07, 6.45) is 3.32. The molecule has 2 rings (SSSR count). The average molecular weight is 320 g/mol. The molecule has 1 amide bonds. The van der Waals surface area contributed by atoms with E-state index in [1.54, 1.807) is 0 Å². The zero-order chi connectivity index (χ0) is 16.2. The Labute approximate surface area is 130 Å². The molecule has 0 aliphatic heterocycles. The molecule has 2 fully saturated rings. The molecule has 0 saturated heterocycles. The Kier molecular flexibility index (Phi) is 5.75. The Balaban J connectivity index is 1.98. The molecule has 22 heavy (non-hydrogen) atoms. The SMILES string of the molecule is NCC1(CC(=O)NC(C2CCCC2)C(F)(F)F)CCCCC1. The molecular weight excluding hydrogens is 293 g/mol. The summed E-state index contributed by atoms with van der Waals surface area (Å²) in [7, 11) is 0. The summed E-state index contributed by atoms with van der Waals surface area (Å²) in [6, 6.07) is -1.69. The minimum absolute atomic E-state index is 0.128. The smallest absolute Gasteiger partial charge is 0.344 e. The van der Waals surface area contributed by atoms with Gasteiger partial charge in [-0.1, -0.05) is 32.1 Å². The molecule has 0 aromatic heterocycles. The van der Waals surface area contributed by atoms with E-state index in [0.717, 1.165) is 44.9 Å². The normalized spacial score (nSPS) is 24.2. The highest BCUT2D eigenvalue weighted by Crippen LogP contribution is 2.39. The van der Waals surface area contributed by atoms with Crippen molar-refractivity contribution >= 4 is 5.91 Å². The van der Waals surface area contributed by atoms with Crippen LogP contribution in [0.15, 0.2) is 0 Å². The topological polar surface area (TPSA) is 55.1 Å². The Bertz CT molecular complexity index is 372. The fraction of sp³-hybridized carbons (Fsp3) is 0.938. The Morgan fingerprint density at radius 3 is 2.23 bits per heavy atom. The third-order valence-electron chi connectivity index (χ3n) is 5.42. The van der Waals surface area contributed by atoms with Crippen molar-refractivity contribution < 1.29 is 18.0 Å². The van der Waals surface area contributed by atoms with Gasteiger partial charge in [0.05, 0.1) is 0 Å². The van der Waals surface area contributed by atoms with Gasteiger partial charge in [-0.3, -0.25) is 4.79 Å². The van der Waals surface area contributed by atoms with Crippen molar-refractivity contribution in [1.29, 1.82) is 0 Å². The van der Waals surface area contributed by atoms with Gasteiger partial charge in [0.25, 0.3) is 0 Å². The van der Waals surface area contributed by atoms with Gasteiger partial charge in [-0.15, -0.1) is 0 Å². The van der Waals surface area contributed by atoms with E-state index in [1.807, 2.05) is 0 Å². The Morgan fingerprint density at radius 2 is 1.73 bits per heavy atom. The highest BCUT2D eigenvalue weighted by molar-refractivity contribution is 5.77. The quantitative estimate of drug-likeness (QED) is 0.814. The fourth-order valence-corrected chi connectivity index (χ4v) is 4.08. The van der Waals surface area contributed by atoms with Crippen molar-refractivity contribution in [3.63, 3.8) is 0 Å². The van der Waals surface area contributed by atoms with Crippen LogP contribution in [0.3, 0.4) is 0 Å². The lowest BCUT2D eigenvalue weighted by Gasteiger charge is -2.36. The molecule has 0 spiro atoms. The van der Waals surface area contributed by atoms with Gasteiger partial charge < -0.3 is 11.1 Å². The van der Waals surface area contributed by atoms with Gasteiger partial charge in [0, 0.05) is 6.42 Å². The van der Waals surface area contributed by atoms with Gasteiger partial charge in [-0.25, -0.2) is 0 Å². The molecule has 0 aromatic rings. The van der Waals surface area contributed by atoms with Crippen LogP contribution < -0.4 is 11.1 Å². The number of hydrogen-bond acceptors (Lipinski definition) is 2. The number of nitrogens with one attached hydrogen (secondary N) is 1. The molecule has 128 valence electrons. The summed E-state index contributed by atoms with van der Waals surface area (Å²) in [5, 5.41) is 2.29. The summed E-state index contributed by atoms with van der Waals surface area (Å²) in [5.41, 5.74) is 5.53. The summed E-state index contributed by atoms with van der Waals surface area (Å²) in [4.78, 5) is 12.2. The molecule has 2 aliphatic rings. The number of carbonyl (C=O) groups excluding carboxylic acids is 1. The average Bonchev–Trinajstić information content (AvgIpc) is 2.98. The first kappa shape index (κ1) is 17.6. The first-order valence-corrected chi connectivity index (χ1v) is 8.42. The lowest BCUT2D eigenvalue weighted by molar-refractivity contribution is -0.172. The van der Waals surface area contributed by atoms with E-state index >= 15 is 0 Å². The van der Waals surface area contributed by atoms with Crippen LogP contribution in [0.5, 0.6) is 0 Å². The van der Waals surface area contributed by atoms with Crippen molar-refractivity contribution in [3.8, 4) is 0 Å². The minimum atomic E-state index is -4.37. The molecule has 3 N–H and O–H groups in total. The first-order valence-electron chi connectivity index (χ1n) is 8.42. The lowest BCUT2D eigenvalue weighted by Crippen LogP contribution is -2.51. The molecule has 0 radical (unpaired) electrons. The van der Waals surface area contributed by atoms with Crippen molar-refractivity contribution in [1.82, 2.24) is 5.32 Å². The van der Waals surface area contributed by atoms with Gasteiger partial charge in [0.1, 0.15) is 6.04 Å². The number of amides is 1. The van der Waals surface area contributed by atoms with Crippen LogP contribution in [0.4, 0.5) is 13.2 Å². The zero-order valence-electron chi connectivity index (χ0n) is 13.1. The number of halogens is 3.